The molecule has 1 N–H and O–H groups in total. The summed E-state index contributed by atoms with van der Waals surface area (Å²) in [4.78, 5) is 30.8. The van der Waals surface area contributed by atoms with Crippen LogP contribution in [0.1, 0.15) is 57.1 Å². The van der Waals surface area contributed by atoms with Crippen molar-refractivity contribution >= 4 is 35.3 Å². The smallest absolute Gasteiger partial charge is 0.265 e. The zero-order valence-corrected chi connectivity index (χ0v) is 22.7. The number of nitrogens with one attached hydrogen (secondary N) is 1. The topological polar surface area (TPSA) is 49.4 Å². The Morgan fingerprint density at radius 2 is 1.79 bits per heavy atom. The van der Waals surface area contributed by atoms with Crippen molar-refractivity contribution in [1.82, 2.24) is 5.32 Å². The van der Waals surface area contributed by atoms with E-state index < -0.39 is 0 Å². The fraction of sp³-hybridized carbons (Fsp3) is 0.176. The lowest BCUT2D eigenvalue weighted by Crippen LogP contribution is -2.34. The zero-order valence-electron chi connectivity index (χ0n) is 21.9. The van der Waals surface area contributed by atoms with Crippen LogP contribution in [0.2, 0.25) is 0 Å². The van der Waals surface area contributed by atoms with Gasteiger partial charge in [0.2, 0.25) is 0 Å². The van der Waals surface area contributed by atoms with Crippen LogP contribution in [0.15, 0.2) is 107 Å². The molecule has 2 aliphatic rings. The van der Waals surface area contributed by atoms with Crippen molar-refractivity contribution in [1.29, 1.82) is 0 Å². The molecule has 4 aromatic rings. The van der Waals surface area contributed by atoms with E-state index in [9.17, 15) is 9.59 Å². The van der Waals surface area contributed by atoms with Crippen molar-refractivity contribution in [3.05, 3.63) is 135 Å². The Labute approximate surface area is 233 Å². The maximum atomic E-state index is 13.9. The van der Waals surface area contributed by atoms with E-state index in [0.29, 0.717) is 17.0 Å². The fourth-order valence-electron chi connectivity index (χ4n) is 5.45. The van der Waals surface area contributed by atoms with Crippen LogP contribution in [-0.4, -0.2) is 11.8 Å². The minimum absolute atomic E-state index is 0.00158. The Hall–Kier alpha value is -4.09. The summed E-state index contributed by atoms with van der Waals surface area (Å²) in [7, 11) is 0. The average Bonchev–Trinajstić information content (AvgIpc) is 2.96. The van der Waals surface area contributed by atoms with Gasteiger partial charge in [-0.2, -0.15) is 0 Å². The normalized spacial score (nSPS) is 17.5. The van der Waals surface area contributed by atoms with Gasteiger partial charge in [-0.1, -0.05) is 96.2 Å². The van der Waals surface area contributed by atoms with Crippen LogP contribution in [0, 0.1) is 6.92 Å². The third-order valence-electron chi connectivity index (χ3n) is 7.38. The molecule has 0 saturated heterocycles. The highest BCUT2D eigenvalue weighted by molar-refractivity contribution is 8.04. The van der Waals surface area contributed by atoms with Gasteiger partial charge < -0.3 is 10.2 Å². The third kappa shape index (κ3) is 5.41. The van der Waals surface area contributed by atoms with Crippen LogP contribution in [0.4, 0.5) is 5.69 Å². The number of aryl methyl sites for hydroxylation is 2. The molecule has 2 amide bonds. The molecule has 0 spiro atoms. The van der Waals surface area contributed by atoms with Crippen LogP contribution in [-0.2, 0) is 17.8 Å². The van der Waals surface area contributed by atoms with E-state index in [2.05, 4.69) is 42.6 Å². The highest BCUT2D eigenvalue weighted by Crippen LogP contribution is 2.43. The van der Waals surface area contributed by atoms with Gasteiger partial charge >= 0.3 is 0 Å². The van der Waals surface area contributed by atoms with Gasteiger partial charge in [0.1, 0.15) is 0 Å². The molecule has 4 nitrogen and oxygen atoms in total. The number of carbonyl (C=O) groups excluding carboxylic acids is 2. The van der Waals surface area contributed by atoms with Crippen LogP contribution < -0.4 is 10.2 Å². The van der Waals surface area contributed by atoms with E-state index in [4.69, 9.17) is 0 Å². The molecular weight excluding hydrogens is 500 g/mol. The Balaban J connectivity index is 1.33. The molecule has 6 rings (SSSR count). The third-order valence-corrected chi connectivity index (χ3v) is 8.46. The van der Waals surface area contributed by atoms with Crippen LogP contribution in [0.25, 0.3) is 6.08 Å². The molecule has 5 heteroatoms. The summed E-state index contributed by atoms with van der Waals surface area (Å²) < 4.78 is 0. The number of carbonyl (C=O) groups is 2. The molecule has 1 atom stereocenters. The first-order valence-corrected chi connectivity index (χ1v) is 14.2. The monoisotopic (exact) mass is 530 g/mol. The first-order valence-electron chi connectivity index (χ1n) is 13.4. The number of benzene rings is 4. The van der Waals surface area contributed by atoms with Crippen molar-refractivity contribution in [3.63, 3.8) is 0 Å². The van der Waals surface area contributed by atoms with Gasteiger partial charge in [-0.3, -0.25) is 9.59 Å². The molecule has 0 saturated carbocycles. The number of hydrogen-bond acceptors (Lipinski definition) is 3. The van der Waals surface area contributed by atoms with Gasteiger partial charge in [0.25, 0.3) is 11.8 Å². The minimum Gasteiger partial charge on any atom is -0.345 e. The molecule has 1 aliphatic heterocycles. The predicted molar refractivity (Wildman–Crippen MR) is 159 cm³/mol. The van der Waals surface area contributed by atoms with Crippen LogP contribution in [0.5, 0.6) is 0 Å². The summed E-state index contributed by atoms with van der Waals surface area (Å²) in [5.41, 5.74) is 7.03. The van der Waals surface area contributed by atoms with E-state index in [1.165, 1.54) is 22.9 Å². The van der Waals surface area contributed by atoms with Crippen LogP contribution >= 0.6 is 11.8 Å². The van der Waals surface area contributed by atoms with E-state index in [-0.39, 0.29) is 17.9 Å². The molecule has 0 unspecified atom stereocenters. The Morgan fingerprint density at radius 3 is 2.64 bits per heavy atom. The van der Waals surface area contributed by atoms with Gasteiger partial charge in [-0.05, 0) is 72.7 Å². The van der Waals surface area contributed by atoms with Gasteiger partial charge in [-0.15, -0.1) is 0 Å². The molecule has 0 fully saturated rings. The van der Waals surface area contributed by atoms with Crippen molar-refractivity contribution in [3.8, 4) is 0 Å². The van der Waals surface area contributed by atoms with Crippen molar-refractivity contribution in [2.75, 3.05) is 4.90 Å². The molecule has 0 radical (unpaired) electrons. The largest absolute Gasteiger partial charge is 0.345 e. The van der Waals surface area contributed by atoms with Crippen LogP contribution in [0.3, 0.4) is 0 Å². The first kappa shape index (κ1) is 25.2. The second-order valence-electron chi connectivity index (χ2n) is 10.2. The molecule has 194 valence electrons. The highest BCUT2D eigenvalue weighted by atomic mass is 32.2. The van der Waals surface area contributed by atoms with Gasteiger partial charge in [0, 0.05) is 10.5 Å². The van der Waals surface area contributed by atoms with Crippen molar-refractivity contribution < 1.29 is 9.59 Å². The lowest BCUT2D eigenvalue weighted by atomic mass is 9.87. The van der Waals surface area contributed by atoms with Crippen molar-refractivity contribution in [2.24, 2.45) is 0 Å². The molecule has 0 bridgehead atoms. The predicted octanol–water partition coefficient (Wildman–Crippen LogP) is 7.48. The first-order chi connectivity index (χ1) is 19.0. The number of nitrogens with zero attached hydrogens (tertiary/aromatic N) is 1. The van der Waals surface area contributed by atoms with E-state index >= 15 is 0 Å². The van der Waals surface area contributed by atoms with Gasteiger partial charge in [0.05, 0.1) is 23.2 Å². The second kappa shape index (κ2) is 11.0. The quantitative estimate of drug-likeness (QED) is 0.272. The summed E-state index contributed by atoms with van der Waals surface area (Å²) >= 11 is 1.46. The molecule has 4 aromatic carbocycles. The summed E-state index contributed by atoms with van der Waals surface area (Å²) in [5.74, 6) is -0.172. The number of fused-ring (bicyclic) bond motifs is 2. The van der Waals surface area contributed by atoms with Crippen molar-refractivity contribution in [2.45, 2.75) is 43.7 Å². The zero-order chi connectivity index (χ0) is 26.8. The van der Waals surface area contributed by atoms with E-state index in [1.54, 1.807) is 0 Å². The Bertz CT molecular complexity index is 1580. The molecule has 39 heavy (non-hydrogen) atoms. The molecule has 1 heterocycles. The molecular formula is C34H30N2O2S. The molecule has 0 aromatic heterocycles. The second-order valence-corrected chi connectivity index (χ2v) is 11.3. The Morgan fingerprint density at radius 1 is 0.974 bits per heavy atom. The lowest BCUT2D eigenvalue weighted by molar-refractivity contribution is -0.114. The van der Waals surface area contributed by atoms with Gasteiger partial charge in [-0.25, -0.2) is 0 Å². The number of thioether (sulfide) groups is 1. The SMILES string of the molecule is Cc1cccc(CN2C(=O)/C(=C/c3ccccc3)Sc3ccc(C(=O)N[C@H]4CCCc5ccccc54)cc32)c1. The van der Waals surface area contributed by atoms with E-state index in [1.807, 2.05) is 77.7 Å². The number of anilines is 1. The summed E-state index contributed by atoms with van der Waals surface area (Å²) in [5, 5.41) is 3.26. The highest BCUT2D eigenvalue weighted by Gasteiger charge is 2.31. The lowest BCUT2D eigenvalue weighted by Gasteiger charge is -2.31. The van der Waals surface area contributed by atoms with Gasteiger partial charge in [0.15, 0.2) is 0 Å². The number of rotatable bonds is 5. The summed E-state index contributed by atoms with van der Waals surface area (Å²) in [6, 6.07) is 32.2. The number of hydrogen-bond donors (Lipinski definition) is 1. The maximum Gasteiger partial charge on any atom is 0.265 e. The summed E-state index contributed by atoms with van der Waals surface area (Å²) in [6.07, 6.45) is 4.97. The summed E-state index contributed by atoms with van der Waals surface area (Å²) in [6.45, 7) is 2.49. The average molecular weight is 531 g/mol. The number of amides is 2. The maximum absolute atomic E-state index is 13.9. The van der Waals surface area contributed by atoms with E-state index in [0.717, 1.165) is 46.5 Å². The standard InChI is InChI=1S/C34H30N2O2S/c1-23-9-7-12-25(19-23)22-36-30-21-27(33(37)35-29-16-8-14-26-13-5-6-15-28(26)29)17-18-31(30)39-32(34(36)38)20-24-10-3-2-4-11-24/h2-7,9-13,15,17-21,29H,8,14,16,22H2,1H3,(H,35,37)/b32-20-/t29-/m0/s1. The molecule has 1 aliphatic carbocycles. The fourth-order valence-corrected chi connectivity index (χ4v) is 6.49. The Kier molecular flexibility index (Phi) is 7.08. The minimum atomic E-state index is -0.113.